The van der Waals surface area contributed by atoms with Gasteiger partial charge < -0.3 is 9.42 Å². The molecule has 4 heterocycles. The highest BCUT2D eigenvalue weighted by Crippen LogP contribution is 2.38. The Kier molecular flexibility index (Phi) is 5.49. The molecule has 31 heavy (non-hydrogen) atoms. The minimum Gasteiger partial charge on any atom is -0.341 e. The summed E-state index contributed by atoms with van der Waals surface area (Å²) in [5, 5.41) is 3.56. The van der Waals surface area contributed by atoms with E-state index in [1.807, 2.05) is 0 Å². The van der Waals surface area contributed by atoms with Gasteiger partial charge in [-0.25, -0.2) is 10.4 Å². The first-order chi connectivity index (χ1) is 14.4. The van der Waals surface area contributed by atoms with Gasteiger partial charge in [-0.3, -0.25) is 10.2 Å². The molecule has 3 unspecified atom stereocenters. The van der Waals surface area contributed by atoms with Gasteiger partial charge in [-0.2, -0.15) is 13.2 Å². The van der Waals surface area contributed by atoms with Gasteiger partial charge in [0.25, 0.3) is 5.71 Å². The zero-order valence-electron chi connectivity index (χ0n) is 18.1. The van der Waals surface area contributed by atoms with Gasteiger partial charge in [0, 0.05) is 25.0 Å². The molecule has 3 atom stereocenters. The fraction of sp³-hybridized carbons (Fsp3) is 0.667. The Morgan fingerprint density at radius 2 is 2.00 bits per heavy atom. The molecule has 2 aliphatic heterocycles. The molecule has 0 radical (unpaired) electrons. The fourth-order valence-corrected chi connectivity index (χ4v) is 4.47. The molecule has 170 valence electrons. The lowest BCUT2D eigenvalue weighted by Crippen LogP contribution is -2.49. The van der Waals surface area contributed by atoms with Crippen LogP contribution in [0.5, 0.6) is 0 Å². The number of hydrogen-bond acceptors (Lipinski definition) is 6. The maximum absolute atomic E-state index is 13.7. The molecule has 2 aromatic rings. The van der Waals surface area contributed by atoms with Crippen molar-refractivity contribution in [1.82, 2.24) is 25.9 Å². The molecule has 7 nitrogen and oxygen atoms in total. The van der Waals surface area contributed by atoms with E-state index in [2.05, 4.69) is 41.8 Å². The Bertz CT molecular complexity index is 982. The van der Waals surface area contributed by atoms with Crippen LogP contribution in [0.3, 0.4) is 0 Å². The number of alkyl halides is 3. The average molecular weight is 439 g/mol. The molecule has 2 fully saturated rings. The minimum absolute atomic E-state index is 0.00893. The molecular formula is C21H28F3N5O2. The Morgan fingerprint density at radius 1 is 1.26 bits per heavy atom. The number of amides is 1. The van der Waals surface area contributed by atoms with E-state index in [0.717, 1.165) is 6.07 Å². The fourth-order valence-electron chi connectivity index (χ4n) is 4.47. The first-order valence-electron chi connectivity index (χ1n) is 10.6. The number of aryl methyl sites for hydroxylation is 1. The predicted octanol–water partition coefficient (Wildman–Crippen LogP) is 3.54. The third kappa shape index (κ3) is 4.27. The number of likely N-dealkylation sites (tertiary alicyclic amines) is 1. The first kappa shape index (κ1) is 22.0. The van der Waals surface area contributed by atoms with Crippen molar-refractivity contribution in [3.8, 4) is 0 Å². The molecule has 0 saturated carbocycles. The van der Waals surface area contributed by atoms with Crippen LogP contribution in [0.25, 0.3) is 11.1 Å². The van der Waals surface area contributed by atoms with Gasteiger partial charge in [-0.1, -0.05) is 25.9 Å². The topological polar surface area (TPSA) is 83.3 Å². The Hall–Kier alpha value is -2.20. The third-order valence-corrected chi connectivity index (χ3v) is 6.34. The van der Waals surface area contributed by atoms with Crippen LogP contribution in [0.2, 0.25) is 0 Å². The normalized spacial score (nSPS) is 25.4. The Balaban J connectivity index is 1.55. The molecule has 2 saturated heterocycles. The molecule has 1 amide bonds. The van der Waals surface area contributed by atoms with Crippen molar-refractivity contribution in [1.29, 1.82) is 0 Å². The number of nitrogens with zero attached hydrogens (tertiary/aromatic N) is 3. The molecule has 10 heteroatoms. The number of pyridine rings is 1. The van der Waals surface area contributed by atoms with Crippen LogP contribution in [0.1, 0.15) is 62.9 Å². The highest BCUT2D eigenvalue weighted by molar-refractivity contribution is 5.83. The van der Waals surface area contributed by atoms with Crippen LogP contribution >= 0.6 is 0 Å². The van der Waals surface area contributed by atoms with E-state index in [-0.39, 0.29) is 46.1 Å². The second-order valence-corrected chi connectivity index (χ2v) is 9.66. The summed E-state index contributed by atoms with van der Waals surface area (Å²) in [6.45, 7) is 8.73. The number of carbonyl (C=O) groups excluding carboxylic acids is 1. The van der Waals surface area contributed by atoms with Crippen molar-refractivity contribution in [3.05, 3.63) is 23.0 Å². The lowest BCUT2D eigenvalue weighted by Gasteiger charge is -2.34. The number of halogens is 3. The summed E-state index contributed by atoms with van der Waals surface area (Å²) >= 11 is 0. The van der Waals surface area contributed by atoms with Crippen molar-refractivity contribution < 1.29 is 22.5 Å². The van der Waals surface area contributed by atoms with Crippen LogP contribution in [-0.4, -0.2) is 46.1 Å². The molecule has 0 aromatic carbocycles. The van der Waals surface area contributed by atoms with Gasteiger partial charge in [-0.05, 0) is 37.7 Å². The van der Waals surface area contributed by atoms with E-state index in [0.29, 0.717) is 38.0 Å². The number of nitrogens with one attached hydrogen (secondary N) is 2. The number of piperidine rings is 1. The monoisotopic (exact) mass is 439 g/mol. The number of hydrazine groups is 1. The van der Waals surface area contributed by atoms with Crippen molar-refractivity contribution in [2.75, 3.05) is 13.1 Å². The van der Waals surface area contributed by atoms with Gasteiger partial charge >= 0.3 is 6.18 Å². The van der Waals surface area contributed by atoms with Crippen LogP contribution in [0.4, 0.5) is 13.2 Å². The number of hydrogen-bond donors (Lipinski definition) is 2. The zero-order chi connectivity index (χ0) is 22.6. The van der Waals surface area contributed by atoms with E-state index < -0.39 is 11.7 Å². The van der Waals surface area contributed by atoms with Gasteiger partial charge in [0.15, 0.2) is 0 Å². The number of fused-ring (bicyclic) bond motifs is 1. The largest absolute Gasteiger partial charge is 0.417 e. The Morgan fingerprint density at radius 3 is 2.65 bits per heavy atom. The lowest BCUT2D eigenvalue weighted by atomic mass is 9.84. The molecule has 2 N–H and O–H groups in total. The summed E-state index contributed by atoms with van der Waals surface area (Å²) in [5.41, 5.74) is 5.86. The first-order valence-corrected chi connectivity index (χ1v) is 10.6. The maximum Gasteiger partial charge on any atom is 0.417 e. The molecule has 2 aliphatic rings. The molecule has 4 rings (SSSR count). The smallest absolute Gasteiger partial charge is 0.341 e. The van der Waals surface area contributed by atoms with Crippen molar-refractivity contribution in [2.45, 2.75) is 71.1 Å². The maximum atomic E-state index is 13.7. The Labute approximate surface area is 178 Å². The highest BCUT2D eigenvalue weighted by atomic mass is 19.4. The molecular weight excluding hydrogens is 411 g/mol. The van der Waals surface area contributed by atoms with E-state index in [1.165, 1.54) is 6.92 Å². The molecule has 0 bridgehead atoms. The van der Waals surface area contributed by atoms with E-state index in [1.54, 1.807) is 4.90 Å². The van der Waals surface area contributed by atoms with E-state index in [9.17, 15) is 18.0 Å². The number of carbonyl (C=O) groups is 1. The van der Waals surface area contributed by atoms with Crippen LogP contribution in [0, 0.1) is 12.3 Å². The van der Waals surface area contributed by atoms with Crippen LogP contribution in [0.15, 0.2) is 10.6 Å². The van der Waals surface area contributed by atoms with Gasteiger partial charge in [-0.15, -0.1) is 0 Å². The summed E-state index contributed by atoms with van der Waals surface area (Å²) in [7, 11) is 0. The lowest BCUT2D eigenvalue weighted by molar-refractivity contribution is -0.137. The highest BCUT2D eigenvalue weighted by Gasteiger charge is 2.40. The number of aromatic nitrogens is 2. The summed E-state index contributed by atoms with van der Waals surface area (Å²) in [4.78, 5) is 19.2. The van der Waals surface area contributed by atoms with Gasteiger partial charge in [0.05, 0.1) is 22.3 Å². The second-order valence-electron chi connectivity index (χ2n) is 9.66. The minimum atomic E-state index is -4.54. The number of rotatable bonds is 2. The van der Waals surface area contributed by atoms with Crippen LogP contribution in [-0.2, 0) is 11.0 Å². The summed E-state index contributed by atoms with van der Waals surface area (Å²) in [5.74, 6) is -0.321. The quantitative estimate of drug-likeness (QED) is 0.745. The van der Waals surface area contributed by atoms with Crippen molar-refractivity contribution >= 4 is 17.0 Å². The van der Waals surface area contributed by atoms with Gasteiger partial charge in [0.1, 0.15) is 6.04 Å². The summed E-state index contributed by atoms with van der Waals surface area (Å²) < 4.78 is 46.1. The SMILES string of the molecule is Cc1noc2nc(C3CCCN(C(=O)C4CC(C(C)(C)C)NN4)C3)cc(C(F)(F)F)c12. The zero-order valence-corrected chi connectivity index (χ0v) is 18.1. The third-order valence-electron chi connectivity index (χ3n) is 6.34. The average Bonchev–Trinajstić information content (AvgIpc) is 3.34. The second kappa shape index (κ2) is 7.74. The van der Waals surface area contributed by atoms with Crippen LogP contribution < -0.4 is 10.9 Å². The van der Waals surface area contributed by atoms with E-state index >= 15 is 0 Å². The van der Waals surface area contributed by atoms with E-state index in [4.69, 9.17) is 4.52 Å². The molecule has 0 aliphatic carbocycles. The molecule has 2 aromatic heterocycles. The summed E-state index contributed by atoms with van der Waals surface area (Å²) in [6.07, 6.45) is -2.51. The predicted molar refractivity (Wildman–Crippen MR) is 108 cm³/mol. The van der Waals surface area contributed by atoms with Crippen molar-refractivity contribution in [3.63, 3.8) is 0 Å². The van der Waals surface area contributed by atoms with Gasteiger partial charge in [0.2, 0.25) is 5.91 Å². The standard InChI is InChI=1S/C21H28F3N5O2/c1-11-17-13(21(22,23)24)8-14(25-18(17)31-28-11)12-6-5-7-29(10-12)19(30)15-9-16(27-26-15)20(2,3)4/h8,12,15-16,26-27H,5-7,9-10H2,1-4H3. The molecule has 0 spiro atoms. The summed E-state index contributed by atoms with van der Waals surface area (Å²) in [6, 6.07) is 0.909. The van der Waals surface area contributed by atoms with Crippen molar-refractivity contribution in [2.24, 2.45) is 5.41 Å².